The number of carbonyl (C=O) groups excluding carboxylic acids is 2. The molecule has 5 nitrogen and oxygen atoms in total. The Kier molecular flexibility index (Phi) is 8.19. The maximum absolute atomic E-state index is 12.4. The van der Waals surface area contributed by atoms with E-state index in [9.17, 15) is 9.59 Å². The van der Waals surface area contributed by atoms with Crippen LogP contribution in [0.3, 0.4) is 0 Å². The van der Waals surface area contributed by atoms with Crippen LogP contribution in [0.1, 0.15) is 42.3 Å². The van der Waals surface area contributed by atoms with Gasteiger partial charge in [-0.1, -0.05) is 62.0 Å². The van der Waals surface area contributed by atoms with Crippen LogP contribution in [-0.4, -0.2) is 26.2 Å². The van der Waals surface area contributed by atoms with Gasteiger partial charge >= 0.3 is 11.9 Å². The number of hydrogen-bond donors (Lipinski definition) is 0. The molecule has 0 spiro atoms. The molecule has 190 valence electrons. The number of aryl methyl sites for hydroxylation is 2. The van der Waals surface area contributed by atoms with Gasteiger partial charge in [-0.15, -0.1) is 0 Å². The number of rotatable bonds is 8. The molecule has 0 aliphatic rings. The molecule has 0 saturated carbocycles. The highest BCUT2D eigenvalue weighted by Gasteiger charge is 2.20. The fourth-order valence-electron chi connectivity index (χ4n) is 4.43. The van der Waals surface area contributed by atoms with E-state index in [1.54, 1.807) is 31.0 Å². The van der Waals surface area contributed by atoms with Crippen molar-refractivity contribution in [2.24, 2.45) is 0 Å². The van der Waals surface area contributed by atoms with Gasteiger partial charge in [0.1, 0.15) is 11.5 Å². The van der Waals surface area contributed by atoms with E-state index in [1.165, 1.54) is 30.1 Å². The molecular formula is C31H30O5S. The topological polar surface area (TPSA) is 61.8 Å². The van der Waals surface area contributed by atoms with Crippen molar-refractivity contribution in [1.29, 1.82) is 0 Å². The minimum Gasteiger partial charge on any atom is -0.496 e. The van der Waals surface area contributed by atoms with Crippen molar-refractivity contribution in [2.75, 3.05) is 14.2 Å². The van der Waals surface area contributed by atoms with E-state index in [-0.39, 0.29) is 0 Å². The predicted molar refractivity (Wildman–Crippen MR) is 148 cm³/mol. The molecule has 0 radical (unpaired) electrons. The summed E-state index contributed by atoms with van der Waals surface area (Å²) in [6.45, 7) is 5.67. The fraction of sp³-hybridized carbons (Fsp3) is 0.226. The highest BCUT2D eigenvalue weighted by Crippen LogP contribution is 2.45. The highest BCUT2D eigenvalue weighted by atomic mass is 32.2. The molecule has 4 rings (SSSR count). The van der Waals surface area contributed by atoms with Crippen molar-refractivity contribution in [1.82, 2.24) is 0 Å². The van der Waals surface area contributed by atoms with Gasteiger partial charge in [0.05, 0.1) is 19.8 Å². The van der Waals surface area contributed by atoms with E-state index >= 15 is 0 Å². The molecule has 6 heteroatoms. The first kappa shape index (κ1) is 26.3. The molecule has 0 aliphatic heterocycles. The molecular weight excluding hydrogens is 484 g/mol. The summed E-state index contributed by atoms with van der Waals surface area (Å²) in [5.41, 5.74) is 4.74. The average molecular weight is 515 g/mol. The molecule has 0 amide bonds. The van der Waals surface area contributed by atoms with Crippen molar-refractivity contribution < 1.29 is 23.8 Å². The molecule has 37 heavy (non-hydrogen) atoms. The van der Waals surface area contributed by atoms with Crippen LogP contribution in [0.2, 0.25) is 0 Å². The van der Waals surface area contributed by atoms with Crippen LogP contribution in [0, 0.1) is 0 Å². The average Bonchev–Trinajstić information content (AvgIpc) is 2.91. The summed E-state index contributed by atoms with van der Waals surface area (Å²) >= 11 is 1.71. The lowest BCUT2D eigenvalue weighted by molar-refractivity contribution is -0.131. The SMILES string of the molecule is CCc1cccc(CC)c1Sc1cc2cc(C(=O)OC)cc(OC(C)=O)c2cc1-c1ccccc1OC. The van der Waals surface area contributed by atoms with Crippen molar-refractivity contribution in [3.63, 3.8) is 0 Å². The number of methoxy groups -OCH3 is 2. The van der Waals surface area contributed by atoms with Crippen molar-refractivity contribution in [2.45, 2.75) is 43.4 Å². The van der Waals surface area contributed by atoms with Crippen molar-refractivity contribution in [3.05, 3.63) is 83.4 Å². The standard InChI is InChI=1S/C31H30O5S/c1-6-20-11-10-12-21(7-2)30(20)37-29-17-22-15-23(31(33)35-5)16-28(36-19(3)32)25(22)18-26(29)24-13-8-9-14-27(24)34-4/h8-18H,6-7H2,1-5H3. The van der Waals surface area contributed by atoms with E-state index in [4.69, 9.17) is 14.2 Å². The van der Waals surface area contributed by atoms with Crippen LogP contribution in [0.5, 0.6) is 11.5 Å². The Hall–Kier alpha value is -3.77. The lowest BCUT2D eigenvalue weighted by Gasteiger charge is -2.19. The Morgan fingerprint density at radius 2 is 1.51 bits per heavy atom. The number of benzene rings is 4. The van der Waals surface area contributed by atoms with E-state index in [0.29, 0.717) is 16.7 Å². The first-order chi connectivity index (χ1) is 17.9. The number of fused-ring (bicyclic) bond motifs is 1. The third-order valence-electron chi connectivity index (χ3n) is 6.24. The van der Waals surface area contributed by atoms with Crippen LogP contribution >= 0.6 is 11.8 Å². The fourth-order valence-corrected chi connectivity index (χ4v) is 5.80. The molecule has 0 aliphatic carbocycles. The third kappa shape index (κ3) is 5.49. The van der Waals surface area contributed by atoms with Crippen LogP contribution in [0.4, 0.5) is 0 Å². The molecule has 0 fully saturated rings. The van der Waals surface area contributed by atoms with Gasteiger partial charge in [-0.25, -0.2) is 4.79 Å². The van der Waals surface area contributed by atoms with Gasteiger partial charge in [-0.05, 0) is 59.7 Å². The molecule has 0 aromatic heterocycles. The van der Waals surface area contributed by atoms with Gasteiger partial charge in [-0.3, -0.25) is 4.79 Å². The zero-order valence-corrected chi connectivity index (χ0v) is 22.5. The normalized spacial score (nSPS) is 10.8. The maximum Gasteiger partial charge on any atom is 0.338 e. The Morgan fingerprint density at radius 3 is 2.14 bits per heavy atom. The van der Waals surface area contributed by atoms with Crippen molar-refractivity contribution >= 4 is 34.5 Å². The molecule has 0 heterocycles. The zero-order valence-electron chi connectivity index (χ0n) is 21.7. The Balaban J connectivity index is 2.05. The number of para-hydroxylation sites is 1. The van der Waals surface area contributed by atoms with Gasteiger partial charge in [-0.2, -0.15) is 0 Å². The Bertz CT molecular complexity index is 1450. The van der Waals surface area contributed by atoms with E-state index in [2.05, 4.69) is 32.0 Å². The highest BCUT2D eigenvalue weighted by molar-refractivity contribution is 7.99. The number of carbonyl (C=O) groups is 2. The quantitative estimate of drug-likeness (QED) is 0.179. The minimum atomic E-state index is -0.497. The van der Waals surface area contributed by atoms with Crippen LogP contribution in [0.25, 0.3) is 21.9 Å². The monoisotopic (exact) mass is 514 g/mol. The second-order valence-corrected chi connectivity index (χ2v) is 9.60. The third-order valence-corrected chi connectivity index (χ3v) is 7.52. The molecule has 0 unspecified atom stereocenters. The number of esters is 2. The van der Waals surface area contributed by atoms with Gasteiger partial charge in [0.15, 0.2) is 0 Å². The lowest BCUT2D eigenvalue weighted by atomic mass is 9.98. The number of hydrogen-bond acceptors (Lipinski definition) is 6. The minimum absolute atomic E-state index is 0.307. The summed E-state index contributed by atoms with van der Waals surface area (Å²) in [5.74, 6) is 0.0812. The largest absolute Gasteiger partial charge is 0.496 e. The summed E-state index contributed by atoms with van der Waals surface area (Å²) < 4.78 is 16.2. The Labute approximate surface area is 221 Å². The maximum atomic E-state index is 12.4. The van der Waals surface area contributed by atoms with Gasteiger partial charge < -0.3 is 14.2 Å². The summed E-state index contributed by atoms with van der Waals surface area (Å²) in [4.78, 5) is 26.6. The van der Waals surface area contributed by atoms with Crippen LogP contribution in [-0.2, 0) is 22.4 Å². The molecule has 4 aromatic rings. The van der Waals surface area contributed by atoms with Gasteiger partial charge in [0, 0.05) is 33.2 Å². The summed E-state index contributed by atoms with van der Waals surface area (Å²) in [6, 6.07) is 21.7. The molecule has 0 N–H and O–H groups in total. The molecule has 4 aromatic carbocycles. The van der Waals surface area contributed by atoms with E-state index in [1.807, 2.05) is 36.4 Å². The zero-order chi connectivity index (χ0) is 26.5. The predicted octanol–water partition coefficient (Wildman–Crippen LogP) is 7.50. The summed E-state index contributed by atoms with van der Waals surface area (Å²) in [5, 5.41) is 1.49. The first-order valence-corrected chi connectivity index (χ1v) is 13.0. The molecule has 0 saturated heterocycles. The van der Waals surface area contributed by atoms with E-state index < -0.39 is 11.9 Å². The summed E-state index contributed by atoms with van der Waals surface area (Å²) in [7, 11) is 2.99. The first-order valence-electron chi connectivity index (χ1n) is 12.2. The summed E-state index contributed by atoms with van der Waals surface area (Å²) in [6.07, 6.45) is 1.83. The molecule has 0 bridgehead atoms. The van der Waals surface area contributed by atoms with Gasteiger partial charge in [0.25, 0.3) is 0 Å². The lowest BCUT2D eigenvalue weighted by Crippen LogP contribution is -2.06. The smallest absolute Gasteiger partial charge is 0.338 e. The van der Waals surface area contributed by atoms with Crippen LogP contribution < -0.4 is 9.47 Å². The second kappa shape index (κ2) is 11.5. The van der Waals surface area contributed by atoms with Crippen molar-refractivity contribution in [3.8, 4) is 22.6 Å². The Morgan fingerprint density at radius 1 is 0.811 bits per heavy atom. The van der Waals surface area contributed by atoms with Crippen LogP contribution in [0.15, 0.2) is 76.5 Å². The number of ether oxygens (including phenoxy) is 3. The molecule has 0 atom stereocenters. The van der Waals surface area contributed by atoms with E-state index in [0.717, 1.165) is 40.0 Å². The second-order valence-electron chi connectivity index (χ2n) is 8.54. The van der Waals surface area contributed by atoms with Gasteiger partial charge in [0.2, 0.25) is 0 Å².